The minimum atomic E-state index is -0.0706. The normalized spacial score (nSPS) is 18.1. The Balaban J connectivity index is 1.50. The van der Waals surface area contributed by atoms with Gasteiger partial charge in [-0.1, -0.05) is 34.5 Å². The van der Waals surface area contributed by atoms with E-state index < -0.39 is 0 Å². The summed E-state index contributed by atoms with van der Waals surface area (Å²) in [6, 6.07) is 6.07. The van der Waals surface area contributed by atoms with Crippen molar-refractivity contribution in [3.63, 3.8) is 0 Å². The van der Waals surface area contributed by atoms with Crippen LogP contribution >= 0.6 is 23.2 Å². The number of nitrogens with zero attached hydrogens (tertiary/aromatic N) is 4. The molecular formula is C18H21Cl2N5O. The van der Waals surface area contributed by atoms with Crippen molar-refractivity contribution in [1.82, 2.24) is 25.2 Å². The van der Waals surface area contributed by atoms with Crippen molar-refractivity contribution in [3.05, 3.63) is 45.7 Å². The lowest BCUT2D eigenvalue weighted by Gasteiger charge is -2.22. The molecule has 0 bridgehead atoms. The smallest absolute Gasteiger partial charge is 0.276 e. The van der Waals surface area contributed by atoms with E-state index in [2.05, 4.69) is 15.6 Å². The molecule has 0 atom stereocenters. The summed E-state index contributed by atoms with van der Waals surface area (Å²) in [6.45, 7) is 2.44. The maximum atomic E-state index is 13.0. The van der Waals surface area contributed by atoms with Crippen LogP contribution < -0.4 is 5.32 Å². The second-order valence-electron chi connectivity index (χ2n) is 6.98. The third-order valence-corrected chi connectivity index (χ3v) is 5.74. The van der Waals surface area contributed by atoms with Crippen molar-refractivity contribution in [2.75, 3.05) is 13.1 Å². The highest BCUT2D eigenvalue weighted by molar-refractivity contribution is 6.42. The molecule has 6 nitrogen and oxygen atoms in total. The first-order valence-electron chi connectivity index (χ1n) is 8.99. The molecule has 2 fully saturated rings. The third-order valence-electron chi connectivity index (χ3n) is 5.00. The van der Waals surface area contributed by atoms with Crippen molar-refractivity contribution in [2.45, 2.75) is 44.3 Å². The topological polar surface area (TPSA) is 63.1 Å². The second kappa shape index (κ2) is 7.55. The fourth-order valence-corrected chi connectivity index (χ4v) is 3.68. The van der Waals surface area contributed by atoms with Gasteiger partial charge in [-0.3, -0.25) is 4.79 Å². The number of hydrogen-bond acceptors (Lipinski definition) is 4. The lowest BCUT2D eigenvalue weighted by molar-refractivity contribution is 0.0723. The van der Waals surface area contributed by atoms with E-state index in [-0.39, 0.29) is 11.9 Å². The standard InChI is InChI=1S/C18H21Cl2N5O/c19-15-4-1-12(9-16(15)20)10-24(13-2-3-13)18(26)17-11-25(23-22-17)14-5-7-21-8-6-14/h1,4,9,11,13-14,21H,2-3,5-8,10H2. The molecule has 2 heterocycles. The SMILES string of the molecule is O=C(c1cn(C2CCNCC2)nn1)N(Cc1ccc(Cl)c(Cl)c1)C1CC1. The maximum Gasteiger partial charge on any atom is 0.276 e. The Morgan fingerprint density at radius 2 is 1.96 bits per heavy atom. The molecule has 2 aromatic rings. The van der Waals surface area contributed by atoms with Gasteiger partial charge >= 0.3 is 0 Å². The number of amides is 1. The number of carbonyl (C=O) groups excluding carboxylic acids is 1. The Labute approximate surface area is 162 Å². The Morgan fingerprint density at radius 1 is 1.19 bits per heavy atom. The summed E-state index contributed by atoms with van der Waals surface area (Å²) in [6.07, 6.45) is 5.85. The van der Waals surface area contributed by atoms with Crippen molar-refractivity contribution < 1.29 is 4.79 Å². The maximum absolute atomic E-state index is 13.0. The number of piperidine rings is 1. The van der Waals surface area contributed by atoms with Crippen molar-refractivity contribution in [3.8, 4) is 0 Å². The summed E-state index contributed by atoms with van der Waals surface area (Å²) in [5.74, 6) is -0.0706. The van der Waals surface area contributed by atoms with Gasteiger partial charge < -0.3 is 10.2 Å². The number of rotatable bonds is 5. The quantitative estimate of drug-likeness (QED) is 0.845. The van der Waals surface area contributed by atoms with Gasteiger partial charge in [-0.15, -0.1) is 5.10 Å². The lowest BCUT2D eigenvalue weighted by atomic mass is 10.1. The molecule has 8 heteroatoms. The molecule has 4 rings (SSSR count). The average Bonchev–Trinajstić information content (AvgIpc) is 3.38. The van der Waals surface area contributed by atoms with Crippen molar-refractivity contribution in [2.24, 2.45) is 0 Å². The van der Waals surface area contributed by atoms with E-state index >= 15 is 0 Å². The average molecular weight is 394 g/mol. The van der Waals surface area contributed by atoms with Crippen LogP contribution in [0.25, 0.3) is 0 Å². The Morgan fingerprint density at radius 3 is 2.65 bits per heavy atom. The van der Waals surface area contributed by atoms with Gasteiger partial charge in [0.1, 0.15) is 0 Å². The van der Waals surface area contributed by atoms with Crippen LogP contribution in [-0.2, 0) is 6.54 Å². The summed E-state index contributed by atoms with van der Waals surface area (Å²) >= 11 is 12.1. The lowest BCUT2D eigenvalue weighted by Crippen LogP contribution is -2.33. The molecule has 1 N–H and O–H groups in total. The molecule has 0 unspecified atom stereocenters. The predicted molar refractivity (Wildman–Crippen MR) is 101 cm³/mol. The molecule has 1 aromatic heterocycles. The number of halogens is 2. The van der Waals surface area contributed by atoms with Gasteiger partial charge in [0.2, 0.25) is 0 Å². The van der Waals surface area contributed by atoms with Gasteiger partial charge in [-0.05, 0) is 56.5 Å². The number of benzene rings is 1. The Bertz CT molecular complexity index is 799. The van der Waals surface area contributed by atoms with Gasteiger partial charge in [0.05, 0.1) is 22.3 Å². The van der Waals surface area contributed by atoms with Gasteiger partial charge in [0.15, 0.2) is 5.69 Å². The predicted octanol–water partition coefficient (Wildman–Crippen LogP) is 3.31. The van der Waals surface area contributed by atoms with E-state index in [1.807, 2.05) is 21.7 Å². The van der Waals surface area contributed by atoms with Gasteiger partial charge in [0, 0.05) is 12.6 Å². The first-order valence-corrected chi connectivity index (χ1v) is 9.75. The molecule has 1 aliphatic carbocycles. The molecular weight excluding hydrogens is 373 g/mol. The van der Waals surface area contributed by atoms with Crippen LogP contribution in [-0.4, -0.2) is 44.9 Å². The fraction of sp³-hybridized carbons (Fsp3) is 0.500. The van der Waals surface area contributed by atoms with Crippen molar-refractivity contribution >= 4 is 29.1 Å². The minimum absolute atomic E-state index is 0.0706. The van der Waals surface area contributed by atoms with E-state index in [4.69, 9.17) is 23.2 Å². The molecule has 1 aromatic carbocycles. The van der Waals surface area contributed by atoms with Gasteiger partial charge in [0.25, 0.3) is 5.91 Å². The second-order valence-corrected chi connectivity index (χ2v) is 7.79. The first-order chi connectivity index (χ1) is 12.6. The highest BCUT2D eigenvalue weighted by Crippen LogP contribution is 2.31. The summed E-state index contributed by atoms with van der Waals surface area (Å²) < 4.78 is 1.85. The van der Waals surface area contributed by atoms with Crippen LogP contribution in [0.5, 0.6) is 0 Å². The van der Waals surface area contributed by atoms with Crippen LogP contribution in [0.2, 0.25) is 10.0 Å². The molecule has 1 amide bonds. The zero-order valence-corrected chi connectivity index (χ0v) is 15.9. The monoisotopic (exact) mass is 393 g/mol. The summed E-state index contributed by atoms with van der Waals surface area (Å²) in [5.41, 5.74) is 1.38. The van der Waals surface area contributed by atoms with Crippen LogP contribution in [0.1, 0.15) is 47.8 Å². The third kappa shape index (κ3) is 3.87. The van der Waals surface area contributed by atoms with E-state index in [0.29, 0.717) is 28.3 Å². The fourth-order valence-electron chi connectivity index (χ4n) is 3.36. The Kier molecular flexibility index (Phi) is 5.16. The summed E-state index contributed by atoms with van der Waals surface area (Å²) in [4.78, 5) is 14.9. The molecule has 0 spiro atoms. The van der Waals surface area contributed by atoms with Crippen LogP contribution in [0.3, 0.4) is 0 Å². The largest absolute Gasteiger partial charge is 0.330 e. The molecule has 1 saturated heterocycles. The first kappa shape index (κ1) is 17.8. The van der Waals surface area contributed by atoms with E-state index in [9.17, 15) is 4.79 Å². The van der Waals surface area contributed by atoms with E-state index in [1.54, 1.807) is 12.3 Å². The number of hydrogen-bond donors (Lipinski definition) is 1. The molecule has 0 radical (unpaired) electrons. The van der Waals surface area contributed by atoms with Gasteiger partial charge in [-0.25, -0.2) is 4.68 Å². The van der Waals surface area contributed by atoms with Crippen LogP contribution in [0.4, 0.5) is 0 Å². The highest BCUT2D eigenvalue weighted by atomic mass is 35.5. The summed E-state index contributed by atoms with van der Waals surface area (Å²) in [5, 5.41) is 12.7. The zero-order valence-electron chi connectivity index (χ0n) is 14.4. The van der Waals surface area contributed by atoms with E-state index in [1.165, 1.54) is 0 Å². The summed E-state index contributed by atoms with van der Waals surface area (Å²) in [7, 11) is 0. The van der Waals surface area contributed by atoms with Crippen LogP contribution in [0, 0.1) is 0 Å². The molecule has 26 heavy (non-hydrogen) atoms. The van der Waals surface area contributed by atoms with E-state index in [0.717, 1.165) is 44.3 Å². The zero-order chi connectivity index (χ0) is 18.1. The van der Waals surface area contributed by atoms with Gasteiger partial charge in [-0.2, -0.15) is 0 Å². The molecule has 1 aliphatic heterocycles. The van der Waals surface area contributed by atoms with Crippen LogP contribution in [0.15, 0.2) is 24.4 Å². The number of aromatic nitrogens is 3. The highest BCUT2D eigenvalue weighted by Gasteiger charge is 2.34. The Hall–Kier alpha value is -1.63. The molecule has 138 valence electrons. The molecule has 1 saturated carbocycles. The minimum Gasteiger partial charge on any atom is -0.330 e. The molecule has 2 aliphatic rings. The number of carbonyl (C=O) groups is 1. The number of nitrogens with one attached hydrogen (secondary N) is 1. The van der Waals surface area contributed by atoms with Crippen molar-refractivity contribution in [1.29, 1.82) is 0 Å².